The van der Waals surface area contributed by atoms with E-state index in [1.54, 1.807) is 12.3 Å². The maximum atomic E-state index is 13.2. The zero-order valence-electron chi connectivity index (χ0n) is 12.3. The number of hydrogen-bond donors (Lipinski definition) is 4. The lowest BCUT2D eigenvalue weighted by Crippen LogP contribution is -2.61. The number of allylic oxidation sites excluding steroid dienone is 2. The Hall–Kier alpha value is -1.32. The standard InChI is InChI=1S/C13H20F3N5S/c1-3-18-12-11(17)20-9(7-19-12)22-8-5-4-6-21(2)10(8)13(14,15)16/h4-7,10-12,18-20H,3,17H2,1-2H3. The first kappa shape index (κ1) is 17.0. The van der Waals surface area contributed by atoms with Crippen LogP contribution in [0.1, 0.15) is 6.92 Å². The van der Waals surface area contributed by atoms with E-state index < -0.39 is 18.4 Å². The second kappa shape index (κ2) is 6.84. The van der Waals surface area contributed by atoms with E-state index in [2.05, 4.69) is 16.0 Å². The number of rotatable bonds is 4. The van der Waals surface area contributed by atoms with Crippen molar-refractivity contribution in [1.82, 2.24) is 20.9 Å². The van der Waals surface area contributed by atoms with Gasteiger partial charge in [0.1, 0.15) is 12.3 Å². The quantitative estimate of drug-likeness (QED) is 0.619. The molecule has 0 aliphatic carbocycles. The summed E-state index contributed by atoms with van der Waals surface area (Å²) in [4.78, 5) is 1.35. The Balaban J connectivity index is 2.09. The Kier molecular flexibility index (Phi) is 5.30. The van der Waals surface area contributed by atoms with Crippen LogP contribution in [0.2, 0.25) is 0 Å². The van der Waals surface area contributed by atoms with Gasteiger partial charge in [0, 0.05) is 18.2 Å². The molecule has 3 unspecified atom stereocenters. The summed E-state index contributed by atoms with van der Waals surface area (Å²) >= 11 is 1.03. The molecule has 5 N–H and O–H groups in total. The van der Waals surface area contributed by atoms with Gasteiger partial charge in [-0.25, -0.2) is 0 Å². The van der Waals surface area contributed by atoms with Crippen LogP contribution in [0.25, 0.3) is 0 Å². The summed E-state index contributed by atoms with van der Waals surface area (Å²) < 4.78 is 39.6. The van der Waals surface area contributed by atoms with Crippen LogP contribution < -0.4 is 21.7 Å². The van der Waals surface area contributed by atoms with Crippen LogP contribution in [-0.4, -0.2) is 43.0 Å². The monoisotopic (exact) mass is 335 g/mol. The lowest BCUT2D eigenvalue weighted by atomic mass is 10.2. The molecular weight excluding hydrogens is 315 g/mol. The minimum atomic E-state index is -4.34. The van der Waals surface area contributed by atoms with Crippen molar-refractivity contribution in [3.8, 4) is 0 Å². The van der Waals surface area contributed by atoms with E-state index in [9.17, 15) is 13.2 Å². The largest absolute Gasteiger partial charge is 0.413 e. The van der Waals surface area contributed by atoms with Crippen molar-refractivity contribution in [3.63, 3.8) is 0 Å². The number of hydrogen-bond acceptors (Lipinski definition) is 6. The molecule has 0 radical (unpaired) electrons. The average Bonchev–Trinajstić information content (AvgIpc) is 2.40. The van der Waals surface area contributed by atoms with E-state index in [0.29, 0.717) is 5.03 Å². The highest BCUT2D eigenvalue weighted by molar-refractivity contribution is 8.06. The van der Waals surface area contributed by atoms with Gasteiger partial charge in [-0.2, -0.15) is 13.2 Å². The van der Waals surface area contributed by atoms with Gasteiger partial charge in [0.05, 0.1) is 5.03 Å². The van der Waals surface area contributed by atoms with Crippen LogP contribution in [0.4, 0.5) is 13.2 Å². The lowest BCUT2D eigenvalue weighted by Gasteiger charge is -2.35. The molecule has 22 heavy (non-hydrogen) atoms. The Morgan fingerprint density at radius 2 is 2.18 bits per heavy atom. The molecule has 0 spiro atoms. The molecule has 0 amide bonds. The molecule has 9 heteroatoms. The van der Waals surface area contributed by atoms with Gasteiger partial charge in [-0.3, -0.25) is 5.32 Å². The van der Waals surface area contributed by atoms with Crippen molar-refractivity contribution in [3.05, 3.63) is 34.5 Å². The molecule has 0 aromatic heterocycles. The second-order valence-corrected chi connectivity index (χ2v) is 6.12. The van der Waals surface area contributed by atoms with E-state index in [0.717, 1.165) is 23.2 Å². The molecule has 124 valence electrons. The SMILES string of the molecule is CCNC1NC=C(SC2=CC=CN(C)C2C(F)(F)F)NC1N. The summed E-state index contributed by atoms with van der Waals surface area (Å²) in [6, 6.07) is -1.65. The van der Waals surface area contributed by atoms with Gasteiger partial charge in [-0.15, -0.1) is 0 Å². The predicted molar refractivity (Wildman–Crippen MR) is 82.2 cm³/mol. The third kappa shape index (κ3) is 3.90. The van der Waals surface area contributed by atoms with E-state index >= 15 is 0 Å². The number of nitrogens with zero attached hydrogens (tertiary/aromatic N) is 1. The minimum Gasteiger partial charge on any atom is -0.371 e. The van der Waals surface area contributed by atoms with Crippen molar-refractivity contribution in [2.45, 2.75) is 31.5 Å². The summed E-state index contributed by atoms with van der Waals surface area (Å²) in [6.45, 7) is 2.69. The molecule has 2 aliphatic rings. The number of alkyl halides is 3. The highest BCUT2D eigenvalue weighted by Gasteiger charge is 2.45. The molecule has 0 aromatic rings. The molecule has 0 saturated heterocycles. The molecule has 5 nitrogen and oxygen atoms in total. The Bertz CT molecular complexity index is 489. The van der Waals surface area contributed by atoms with Crippen LogP contribution in [0.5, 0.6) is 0 Å². The molecule has 2 heterocycles. The third-order valence-electron chi connectivity index (χ3n) is 3.28. The summed E-state index contributed by atoms with van der Waals surface area (Å²) in [7, 11) is 1.41. The number of halogens is 3. The fraction of sp³-hybridized carbons (Fsp3) is 0.538. The fourth-order valence-electron chi connectivity index (χ4n) is 2.28. The Labute approximate surface area is 131 Å². The molecule has 2 rings (SSSR count). The van der Waals surface area contributed by atoms with Crippen molar-refractivity contribution in [2.24, 2.45) is 5.73 Å². The highest BCUT2D eigenvalue weighted by atomic mass is 32.2. The van der Waals surface area contributed by atoms with Gasteiger partial charge in [0.15, 0.2) is 6.04 Å². The normalized spacial score (nSPS) is 28.6. The van der Waals surface area contributed by atoms with Crippen molar-refractivity contribution in [1.29, 1.82) is 0 Å². The van der Waals surface area contributed by atoms with Gasteiger partial charge >= 0.3 is 6.18 Å². The lowest BCUT2D eigenvalue weighted by molar-refractivity contribution is -0.162. The van der Waals surface area contributed by atoms with Gasteiger partial charge in [0.25, 0.3) is 0 Å². The minimum absolute atomic E-state index is 0.157. The summed E-state index contributed by atoms with van der Waals surface area (Å²) in [5.74, 6) is 0. The van der Waals surface area contributed by atoms with Crippen molar-refractivity contribution in [2.75, 3.05) is 13.6 Å². The fourth-order valence-corrected chi connectivity index (χ4v) is 3.42. The first-order valence-electron chi connectivity index (χ1n) is 6.89. The molecule has 0 saturated carbocycles. The van der Waals surface area contributed by atoms with Gasteiger partial charge in [-0.05, 0) is 24.9 Å². The first-order chi connectivity index (χ1) is 10.3. The topological polar surface area (TPSA) is 65.3 Å². The maximum Gasteiger partial charge on any atom is 0.413 e. The predicted octanol–water partition coefficient (Wildman–Crippen LogP) is 1.21. The van der Waals surface area contributed by atoms with Crippen LogP contribution >= 0.6 is 11.8 Å². The summed E-state index contributed by atoms with van der Waals surface area (Å²) in [5.41, 5.74) is 5.95. The Morgan fingerprint density at radius 1 is 1.45 bits per heavy atom. The van der Waals surface area contributed by atoms with E-state index in [-0.39, 0.29) is 11.1 Å². The van der Waals surface area contributed by atoms with Gasteiger partial charge in [-0.1, -0.05) is 18.7 Å². The molecule has 0 fully saturated rings. The zero-order valence-corrected chi connectivity index (χ0v) is 13.1. The Morgan fingerprint density at radius 3 is 2.77 bits per heavy atom. The molecule has 0 aromatic carbocycles. The molecule has 0 bridgehead atoms. The molecular formula is C13H20F3N5S. The van der Waals surface area contributed by atoms with Crippen LogP contribution in [0.3, 0.4) is 0 Å². The van der Waals surface area contributed by atoms with E-state index in [1.165, 1.54) is 19.3 Å². The number of nitrogens with one attached hydrogen (secondary N) is 3. The third-order valence-corrected chi connectivity index (χ3v) is 4.33. The van der Waals surface area contributed by atoms with Crippen molar-refractivity contribution >= 4 is 11.8 Å². The summed E-state index contributed by atoms with van der Waals surface area (Å²) in [5, 5.41) is 9.76. The number of thioether (sulfide) groups is 1. The van der Waals surface area contributed by atoms with E-state index in [1.807, 2.05) is 6.92 Å². The average molecular weight is 335 g/mol. The van der Waals surface area contributed by atoms with Crippen LogP contribution in [0, 0.1) is 0 Å². The van der Waals surface area contributed by atoms with Gasteiger partial charge in [0.2, 0.25) is 0 Å². The summed E-state index contributed by atoms with van der Waals surface area (Å²) in [6.07, 6.45) is 1.22. The first-order valence-corrected chi connectivity index (χ1v) is 7.71. The second-order valence-electron chi connectivity index (χ2n) is 5.00. The van der Waals surface area contributed by atoms with Crippen molar-refractivity contribution < 1.29 is 13.2 Å². The smallest absolute Gasteiger partial charge is 0.371 e. The van der Waals surface area contributed by atoms with Crippen LogP contribution in [0.15, 0.2) is 34.5 Å². The number of likely N-dealkylation sites (N-methyl/N-ethyl adjacent to an activating group) is 2. The van der Waals surface area contributed by atoms with Crippen LogP contribution in [-0.2, 0) is 0 Å². The van der Waals surface area contributed by atoms with E-state index in [4.69, 9.17) is 5.73 Å². The zero-order chi connectivity index (χ0) is 16.3. The van der Waals surface area contributed by atoms with Gasteiger partial charge < -0.3 is 21.3 Å². The molecule has 3 atom stereocenters. The maximum absolute atomic E-state index is 13.2. The molecule has 2 aliphatic heterocycles. The highest BCUT2D eigenvalue weighted by Crippen LogP contribution is 2.39. The number of nitrogens with two attached hydrogens (primary N) is 1.